The minimum atomic E-state index is -0.522. The summed E-state index contributed by atoms with van der Waals surface area (Å²) in [7, 11) is 0. The Balaban J connectivity index is 2.88. The zero-order chi connectivity index (χ0) is 10.9. The molecule has 1 nitrogen and oxygen atoms in total. The fraction of sp³-hybridized carbons (Fsp3) is 0.600. The van der Waals surface area contributed by atoms with Crippen LogP contribution in [0.5, 0.6) is 0 Å². The van der Waals surface area contributed by atoms with Gasteiger partial charge in [-0.15, -0.1) is 11.3 Å². The first-order valence-electron chi connectivity index (χ1n) is 4.56. The standard InChI is InChI=1S/C10H14Cl2OS/c1-5(2)6(3)9(13)7-4-8(11)14-10(7)12/h4-6,9,13H,1-3H3. The maximum absolute atomic E-state index is 10.0. The number of thiophene rings is 1. The van der Waals surface area contributed by atoms with Crippen molar-refractivity contribution in [1.82, 2.24) is 0 Å². The molecule has 0 saturated carbocycles. The van der Waals surface area contributed by atoms with E-state index in [1.165, 1.54) is 11.3 Å². The van der Waals surface area contributed by atoms with Gasteiger partial charge in [0.1, 0.15) is 4.34 Å². The van der Waals surface area contributed by atoms with Crippen molar-refractivity contribution in [3.63, 3.8) is 0 Å². The maximum Gasteiger partial charge on any atom is 0.100 e. The van der Waals surface area contributed by atoms with E-state index in [9.17, 15) is 5.11 Å². The third-order valence-electron chi connectivity index (χ3n) is 2.55. The lowest BCUT2D eigenvalue weighted by Gasteiger charge is -2.21. The van der Waals surface area contributed by atoms with Gasteiger partial charge in [0.2, 0.25) is 0 Å². The Morgan fingerprint density at radius 2 is 1.86 bits per heavy atom. The molecule has 0 saturated heterocycles. The van der Waals surface area contributed by atoms with E-state index in [-0.39, 0.29) is 5.92 Å². The molecule has 0 radical (unpaired) electrons. The number of aliphatic hydroxyl groups is 1. The van der Waals surface area contributed by atoms with Gasteiger partial charge in [-0.2, -0.15) is 0 Å². The molecule has 1 heterocycles. The first kappa shape index (κ1) is 12.3. The van der Waals surface area contributed by atoms with Gasteiger partial charge < -0.3 is 5.11 Å². The van der Waals surface area contributed by atoms with Crippen LogP contribution in [0.4, 0.5) is 0 Å². The molecule has 1 rings (SSSR count). The molecule has 0 fully saturated rings. The molecule has 80 valence electrons. The van der Waals surface area contributed by atoms with Crippen LogP contribution >= 0.6 is 34.5 Å². The fourth-order valence-electron chi connectivity index (χ4n) is 1.20. The SMILES string of the molecule is CC(C)C(C)C(O)c1cc(Cl)sc1Cl. The summed E-state index contributed by atoms with van der Waals surface area (Å²) in [5, 5.41) is 10.0. The summed E-state index contributed by atoms with van der Waals surface area (Å²) < 4.78 is 1.22. The highest BCUT2D eigenvalue weighted by atomic mass is 35.5. The predicted molar refractivity (Wildman–Crippen MR) is 63.3 cm³/mol. The Kier molecular flexibility index (Phi) is 4.26. The second-order valence-corrected chi connectivity index (χ2v) is 6.11. The Morgan fingerprint density at radius 3 is 2.21 bits per heavy atom. The van der Waals surface area contributed by atoms with Gasteiger partial charge in [0, 0.05) is 5.56 Å². The minimum absolute atomic E-state index is 0.179. The van der Waals surface area contributed by atoms with Gasteiger partial charge in [0.25, 0.3) is 0 Å². The van der Waals surface area contributed by atoms with Crippen molar-refractivity contribution < 1.29 is 5.11 Å². The van der Waals surface area contributed by atoms with Crippen LogP contribution in [0, 0.1) is 11.8 Å². The molecule has 0 amide bonds. The Bertz CT molecular complexity index is 309. The lowest BCUT2D eigenvalue weighted by Crippen LogP contribution is -2.14. The summed E-state index contributed by atoms with van der Waals surface area (Å²) in [4.78, 5) is 0. The molecule has 1 aromatic rings. The summed E-state index contributed by atoms with van der Waals surface area (Å²) >= 11 is 13.1. The second kappa shape index (κ2) is 4.84. The van der Waals surface area contributed by atoms with E-state index in [0.717, 1.165) is 5.56 Å². The normalized spacial score (nSPS) is 15.9. The van der Waals surface area contributed by atoms with Crippen molar-refractivity contribution in [2.45, 2.75) is 26.9 Å². The van der Waals surface area contributed by atoms with Crippen LogP contribution in [-0.2, 0) is 0 Å². The molecule has 2 unspecified atom stereocenters. The second-order valence-electron chi connectivity index (χ2n) is 3.83. The molecule has 14 heavy (non-hydrogen) atoms. The van der Waals surface area contributed by atoms with Crippen LogP contribution in [0.15, 0.2) is 6.07 Å². The molecule has 0 aliphatic carbocycles. The molecule has 0 aliphatic rings. The van der Waals surface area contributed by atoms with Gasteiger partial charge in [-0.1, -0.05) is 44.0 Å². The average Bonchev–Trinajstić information content (AvgIpc) is 2.42. The van der Waals surface area contributed by atoms with Gasteiger partial charge in [-0.05, 0) is 17.9 Å². The Labute approximate surface area is 98.7 Å². The monoisotopic (exact) mass is 252 g/mol. The van der Waals surface area contributed by atoms with E-state index in [1.807, 2.05) is 6.92 Å². The molecule has 0 bridgehead atoms. The highest BCUT2D eigenvalue weighted by Gasteiger charge is 2.23. The number of halogens is 2. The van der Waals surface area contributed by atoms with Crippen molar-refractivity contribution in [3.8, 4) is 0 Å². The van der Waals surface area contributed by atoms with Crippen LogP contribution in [-0.4, -0.2) is 5.11 Å². The van der Waals surface area contributed by atoms with Crippen LogP contribution in [0.2, 0.25) is 8.67 Å². The summed E-state index contributed by atoms with van der Waals surface area (Å²) in [6, 6.07) is 1.75. The van der Waals surface area contributed by atoms with Crippen LogP contribution in [0.25, 0.3) is 0 Å². The molecular formula is C10H14Cl2OS. The van der Waals surface area contributed by atoms with Crippen LogP contribution < -0.4 is 0 Å². The average molecular weight is 253 g/mol. The number of hydrogen-bond donors (Lipinski definition) is 1. The highest BCUT2D eigenvalue weighted by Crippen LogP contribution is 2.38. The van der Waals surface area contributed by atoms with Crippen LogP contribution in [0.1, 0.15) is 32.4 Å². The number of hydrogen-bond acceptors (Lipinski definition) is 2. The Hall–Kier alpha value is 0.240. The van der Waals surface area contributed by atoms with E-state index in [0.29, 0.717) is 14.6 Å². The van der Waals surface area contributed by atoms with E-state index < -0.39 is 6.10 Å². The van der Waals surface area contributed by atoms with E-state index in [2.05, 4.69) is 13.8 Å². The largest absolute Gasteiger partial charge is 0.388 e. The molecule has 0 aliphatic heterocycles. The third kappa shape index (κ3) is 2.63. The van der Waals surface area contributed by atoms with Crippen molar-refractivity contribution in [1.29, 1.82) is 0 Å². The first-order valence-corrected chi connectivity index (χ1v) is 6.13. The quantitative estimate of drug-likeness (QED) is 0.847. The summed E-state index contributed by atoms with van der Waals surface area (Å²) in [5.74, 6) is 0.595. The van der Waals surface area contributed by atoms with Gasteiger partial charge >= 0.3 is 0 Å². The van der Waals surface area contributed by atoms with Crippen LogP contribution in [0.3, 0.4) is 0 Å². The summed E-state index contributed by atoms with van der Waals surface area (Å²) in [5.41, 5.74) is 0.753. The topological polar surface area (TPSA) is 20.2 Å². The predicted octanol–water partition coefficient (Wildman–Crippen LogP) is 4.38. The van der Waals surface area contributed by atoms with Crippen molar-refractivity contribution in [3.05, 3.63) is 20.3 Å². The first-order chi connectivity index (χ1) is 6.43. The molecule has 2 atom stereocenters. The fourth-order valence-corrected chi connectivity index (χ4v) is 2.74. The summed E-state index contributed by atoms with van der Waals surface area (Å²) in [6.45, 7) is 6.17. The lowest BCUT2D eigenvalue weighted by molar-refractivity contribution is 0.0926. The molecule has 0 spiro atoms. The maximum atomic E-state index is 10.0. The van der Waals surface area contributed by atoms with Crippen molar-refractivity contribution in [2.24, 2.45) is 11.8 Å². The lowest BCUT2D eigenvalue weighted by atomic mass is 9.89. The summed E-state index contributed by atoms with van der Waals surface area (Å²) in [6.07, 6.45) is -0.522. The number of aliphatic hydroxyl groups excluding tert-OH is 1. The van der Waals surface area contributed by atoms with Gasteiger partial charge in [-0.25, -0.2) is 0 Å². The Morgan fingerprint density at radius 1 is 1.29 bits per heavy atom. The zero-order valence-electron chi connectivity index (χ0n) is 8.42. The highest BCUT2D eigenvalue weighted by molar-refractivity contribution is 7.20. The van der Waals surface area contributed by atoms with E-state index >= 15 is 0 Å². The molecule has 4 heteroatoms. The molecule has 0 aromatic carbocycles. The van der Waals surface area contributed by atoms with Gasteiger partial charge in [-0.3, -0.25) is 0 Å². The molecule has 1 aromatic heterocycles. The third-order valence-corrected chi connectivity index (χ3v) is 4.07. The number of rotatable bonds is 3. The molecule has 1 N–H and O–H groups in total. The zero-order valence-corrected chi connectivity index (χ0v) is 10.7. The van der Waals surface area contributed by atoms with Gasteiger partial charge in [0.05, 0.1) is 10.4 Å². The van der Waals surface area contributed by atoms with Crippen molar-refractivity contribution in [2.75, 3.05) is 0 Å². The smallest absolute Gasteiger partial charge is 0.100 e. The van der Waals surface area contributed by atoms with Gasteiger partial charge in [0.15, 0.2) is 0 Å². The minimum Gasteiger partial charge on any atom is -0.388 e. The van der Waals surface area contributed by atoms with Crippen molar-refractivity contribution >= 4 is 34.5 Å². The molecular weight excluding hydrogens is 239 g/mol. The van der Waals surface area contributed by atoms with E-state index in [1.54, 1.807) is 6.07 Å². The van der Waals surface area contributed by atoms with E-state index in [4.69, 9.17) is 23.2 Å².